The van der Waals surface area contributed by atoms with Crippen LogP contribution in [0.15, 0.2) is 48.1 Å². The van der Waals surface area contributed by atoms with Crippen molar-refractivity contribution in [1.82, 2.24) is 4.57 Å². The summed E-state index contributed by atoms with van der Waals surface area (Å²) in [6.07, 6.45) is 3.73. The molecular weight excluding hydrogens is 172 g/mol. The van der Waals surface area contributed by atoms with Crippen molar-refractivity contribution < 1.29 is 0 Å². The minimum absolute atomic E-state index is 0.943. The van der Waals surface area contributed by atoms with Gasteiger partial charge in [0.2, 0.25) is 0 Å². The summed E-state index contributed by atoms with van der Waals surface area (Å²) in [5.41, 5.74) is 0.943. The largest absolute Gasteiger partial charge is 0.309 e. The highest BCUT2D eigenvalue weighted by Crippen LogP contribution is 2.07. The maximum Gasteiger partial charge on any atom is 0.139 e. The zero-order chi connectivity index (χ0) is 9.97. The Labute approximate surface area is 82.8 Å². The molecular formula is C12H12N2. The number of aromatic nitrogens is 1. The highest BCUT2D eigenvalue weighted by Gasteiger charge is 1.96. The van der Waals surface area contributed by atoms with E-state index in [0.29, 0.717) is 0 Å². The van der Waals surface area contributed by atoms with Crippen LogP contribution in [0.5, 0.6) is 0 Å². The molecule has 2 nitrogen and oxygen atoms in total. The predicted molar refractivity (Wildman–Crippen MR) is 59.8 cm³/mol. The van der Waals surface area contributed by atoms with Gasteiger partial charge in [-0.05, 0) is 11.5 Å². The molecule has 0 aliphatic heterocycles. The van der Waals surface area contributed by atoms with Crippen molar-refractivity contribution in [2.45, 2.75) is 0 Å². The van der Waals surface area contributed by atoms with Crippen LogP contribution < -0.4 is 5.49 Å². The lowest BCUT2D eigenvalue weighted by atomic mass is 10.2. The van der Waals surface area contributed by atoms with Crippen LogP contribution in [0, 0.1) is 0 Å². The first-order valence-corrected chi connectivity index (χ1v) is 4.52. The first-order valence-electron chi connectivity index (χ1n) is 4.52. The van der Waals surface area contributed by atoms with Gasteiger partial charge in [-0.2, -0.15) is 0 Å². The lowest BCUT2D eigenvalue weighted by Crippen LogP contribution is -2.16. The molecule has 0 aliphatic carbocycles. The molecule has 2 aromatic rings. The molecule has 0 aliphatic rings. The average Bonchev–Trinajstić information content (AvgIpc) is 2.27. The first kappa shape index (κ1) is 8.75. The Hall–Kier alpha value is -1.83. The smallest absolute Gasteiger partial charge is 0.139 e. The Kier molecular flexibility index (Phi) is 2.19. The van der Waals surface area contributed by atoms with E-state index in [1.165, 1.54) is 5.39 Å². The van der Waals surface area contributed by atoms with Gasteiger partial charge >= 0.3 is 0 Å². The molecule has 0 amide bonds. The molecule has 14 heavy (non-hydrogen) atoms. The number of rotatable bonds is 1. The molecule has 1 aromatic heterocycles. The number of hydrogen-bond acceptors (Lipinski definition) is 1. The van der Waals surface area contributed by atoms with Gasteiger partial charge in [-0.3, -0.25) is 4.99 Å². The van der Waals surface area contributed by atoms with Gasteiger partial charge in [0, 0.05) is 24.8 Å². The average molecular weight is 184 g/mol. The lowest BCUT2D eigenvalue weighted by molar-refractivity contribution is 1.02. The van der Waals surface area contributed by atoms with Gasteiger partial charge < -0.3 is 4.57 Å². The third kappa shape index (κ3) is 1.25. The quantitative estimate of drug-likeness (QED) is 0.647. The Bertz CT molecular complexity index is 535. The molecule has 0 unspecified atom stereocenters. The van der Waals surface area contributed by atoms with Crippen LogP contribution in [0.3, 0.4) is 0 Å². The number of pyridine rings is 1. The van der Waals surface area contributed by atoms with E-state index in [1.807, 2.05) is 22.9 Å². The molecule has 0 saturated heterocycles. The van der Waals surface area contributed by atoms with Crippen molar-refractivity contribution in [2.24, 2.45) is 4.99 Å². The van der Waals surface area contributed by atoms with Crippen molar-refractivity contribution >= 4 is 17.0 Å². The summed E-state index contributed by atoms with van der Waals surface area (Å²) >= 11 is 0. The SMILES string of the molecule is C=Cn1ccc2ccccc2c1=NC. The molecule has 1 heterocycles. The highest BCUT2D eigenvalue weighted by atomic mass is 15.0. The summed E-state index contributed by atoms with van der Waals surface area (Å²) in [6, 6.07) is 10.3. The molecule has 0 spiro atoms. The zero-order valence-corrected chi connectivity index (χ0v) is 8.14. The lowest BCUT2D eigenvalue weighted by Gasteiger charge is -2.03. The van der Waals surface area contributed by atoms with Crippen LogP contribution in [0.1, 0.15) is 0 Å². The Morgan fingerprint density at radius 3 is 2.79 bits per heavy atom. The molecule has 2 rings (SSSR count). The van der Waals surface area contributed by atoms with Gasteiger partial charge in [0.25, 0.3) is 0 Å². The minimum Gasteiger partial charge on any atom is -0.309 e. The highest BCUT2D eigenvalue weighted by molar-refractivity contribution is 5.81. The molecule has 70 valence electrons. The van der Waals surface area contributed by atoms with E-state index in [-0.39, 0.29) is 0 Å². The van der Waals surface area contributed by atoms with E-state index >= 15 is 0 Å². The molecule has 1 aromatic carbocycles. The van der Waals surface area contributed by atoms with Gasteiger partial charge in [0.05, 0.1) is 0 Å². The molecule has 0 fully saturated rings. The van der Waals surface area contributed by atoms with Crippen LogP contribution in [0.25, 0.3) is 17.0 Å². The number of fused-ring (bicyclic) bond motifs is 1. The number of hydrogen-bond donors (Lipinski definition) is 0. The second-order valence-corrected chi connectivity index (χ2v) is 3.04. The Balaban J connectivity index is 2.99. The fourth-order valence-electron chi connectivity index (χ4n) is 1.60. The summed E-state index contributed by atoms with van der Waals surface area (Å²) in [5.74, 6) is 0. The summed E-state index contributed by atoms with van der Waals surface area (Å²) in [5, 5.41) is 2.35. The molecule has 0 saturated carbocycles. The second kappa shape index (κ2) is 3.50. The third-order valence-corrected chi connectivity index (χ3v) is 2.27. The topological polar surface area (TPSA) is 17.3 Å². The third-order valence-electron chi connectivity index (χ3n) is 2.27. The van der Waals surface area contributed by atoms with Crippen molar-refractivity contribution in [3.05, 3.63) is 48.6 Å². The van der Waals surface area contributed by atoms with Crippen molar-refractivity contribution in [3.63, 3.8) is 0 Å². The number of nitrogens with zero attached hydrogens (tertiary/aromatic N) is 2. The van der Waals surface area contributed by atoms with Crippen LogP contribution in [-0.4, -0.2) is 11.6 Å². The minimum atomic E-state index is 0.943. The molecule has 0 radical (unpaired) electrons. The summed E-state index contributed by atoms with van der Waals surface area (Å²) in [6.45, 7) is 3.75. The van der Waals surface area contributed by atoms with Gasteiger partial charge in [-0.25, -0.2) is 0 Å². The predicted octanol–water partition coefficient (Wildman–Crippen LogP) is 2.27. The molecule has 2 heteroatoms. The van der Waals surface area contributed by atoms with E-state index in [9.17, 15) is 0 Å². The normalized spacial score (nSPS) is 11.9. The van der Waals surface area contributed by atoms with E-state index in [4.69, 9.17) is 0 Å². The van der Waals surface area contributed by atoms with Gasteiger partial charge in [-0.15, -0.1) is 0 Å². The Morgan fingerprint density at radius 1 is 1.29 bits per heavy atom. The summed E-state index contributed by atoms with van der Waals surface area (Å²) in [7, 11) is 1.79. The summed E-state index contributed by atoms with van der Waals surface area (Å²) < 4.78 is 1.92. The monoisotopic (exact) mass is 184 g/mol. The van der Waals surface area contributed by atoms with Gasteiger partial charge in [0.15, 0.2) is 0 Å². The molecule has 0 N–H and O–H groups in total. The maximum atomic E-state index is 4.26. The maximum absolute atomic E-state index is 4.26. The van der Waals surface area contributed by atoms with Crippen LogP contribution in [0.2, 0.25) is 0 Å². The Morgan fingerprint density at radius 2 is 2.07 bits per heavy atom. The first-order chi connectivity index (χ1) is 6.86. The van der Waals surface area contributed by atoms with Crippen LogP contribution >= 0.6 is 0 Å². The van der Waals surface area contributed by atoms with E-state index in [2.05, 4.69) is 29.8 Å². The fourth-order valence-corrected chi connectivity index (χ4v) is 1.60. The van der Waals surface area contributed by atoms with Gasteiger partial charge in [0.1, 0.15) is 5.49 Å². The van der Waals surface area contributed by atoms with Crippen LogP contribution in [0.4, 0.5) is 0 Å². The second-order valence-electron chi connectivity index (χ2n) is 3.04. The van der Waals surface area contributed by atoms with Crippen molar-refractivity contribution in [2.75, 3.05) is 7.05 Å². The van der Waals surface area contributed by atoms with Crippen molar-refractivity contribution in [3.8, 4) is 0 Å². The van der Waals surface area contributed by atoms with E-state index < -0.39 is 0 Å². The van der Waals surface area contributed by atoms with Crippen molar-refractivity contribution in [1.29, 1.82) is 0 Å². The van der Waals surface area contributed by atoms with Crippen LogP contribution in [-0.2, 0) is 0 Å². The van der Waals surface area contributed by atoms with E-state index in [1.54, 1.807) is 13.2 Å². The van der Waals surface area contributed by atoms with E-state index in [0.717, 1.165) is 10.9 Å². The van der Waals surface area contributed by atoms with Gasteiger partial charge in [-0.1, -0.05) is 30.8 Å². The number of benzene rings is 1. The molecule has 0 bridgehead atoms. The summed E-state index contributed by atoms with van der Waals surface area (Å²) in [4.78, 5) is 4.26. The zero-order valence-electron chi connectivity index (χ0n) is 8.14. The molecule has 0 atom stereocenters. The fraction of sp³-hybridized carbons (Fsp3) is 0.0833. The standard InChI is InChI=1S/C12H12N2/c1-3-14-9-8-10-6-4-5-7-11(10)12(14)13-2/h3-9H,1H2,2H3.